The molecule has 0 amide bonds. The highest BCUT2D eigenvalue weighted by molar-refractivity contribution is 5.96. The summed E-state index contributed by atoms with van der Waals surface area (Å²) in [5.74, 6) is 0.374. The van der Waals surface area contributed by atoms with E-state index in [0.717, 1.165) is 11.1 Å². The molecule has 1 fully saturated rings. The smallest absolute Gasteiger partial charge is 0.379 e. The largest absolute Gasteiger partial charge is 0.406 e. The molecule has 3 aromatic rings. The van der Waals surface area contributed by atoms with Crippen LogP contribution in [0.2, 0.25) is 0 Å². The van der Waals surface area contributed by atoms with Gasteiger partial charge in [-0.05, 0) is 31.7 Å². The number of hydrogen-bond acceptors (Lipinski definition) is 5. The fourth-order valence-corrected chi connectivity index (χ4v) is 3.92. The molecule has 0 saturated carbocycles. The maximum absolute atomic E-state index is 14.5. The first kappa shape index (κ1) is 20.7. The molecule has 0 radical (unpaired) electrons. The van der Waals surface area contributed by atoms with Gasteiger partial charge in [-0.1, -0.05) is 11.2 Å². The highest BCUT2D eigenvalue weighted by Crippen LogP contribution is 2.35. The summed E-state index contributed by atoms with van der Waals surface area (Å²) >= 11 is 0. The van der Waals surface area contributed by atoms with Gasteiger partial charge in [0.1, 0.15) is 18.4 Å². The SMILES string of the molecule is CN1CC[C@@H](Nc2cccc3c2cc(-c2cc(CN)on2)n3CC(F)(F)F)[C@@H](F)C1. The van der Waals surface area contributed by atoms with Crippen LogP contribution < -0.4 is 11.1 Å². The molecule has 30 heavy (non-hydrogen) atoms. The van der Waals surface area contributed by atoms with Gasteiger partial charge in [0.15, 0.2) is 5.76 Å². The monoisotopic (exact) mass is 425 g/mol. The second-order valence-corrected chi connectivity index (χ2v) is 7.67. The molecule has 6 nitrogen and oxygen atoms in total. The molecule has 2 atom stereocenters. The molecule has 1 aliphatic rings. The van der Waals surface area contributed by atoms with E-state index < -0.39 is 24.9 Å². The topological polar surface area (TPSA) is 72.2 Å². The molecular formula is C20H23F4N5O. The number of benzene rings is 1. The van der Waals surface area contributed by atoms with Crippen molar-refractivity contribution in [2.45, 2.75) is 37.9 Å². The number of halogens is 4. The van der Waals surface area contributed by atoms with Crippen molar-refractivity contribution in [3.05, 3.63) is 36.1 Å². The molecule has 4 rings (SSSR count). The highest BCUT2D eigenvalue weighted by atomic mass is 19.4. The van der Waals surface area contributed by atoms with Crippen LogP contribution in [-0.4, -0.2) is 53.2 Å². The van der Waals surface area contributed by atoms with E-state index in [1.807, 2.05) is 11.9 Å². The number of alkyl halides is 4. The summed E-state index contributed by atoms with van der Waals surface area (Å²) < 4.78 is 60.7. The third kappa shape index (κ3) is 4.15. The normalized spacial score (nSPS) is 20.7. The minimum absolute atomic E-state index is 0.0906. The van der Waals surface area contributed by atoms with Crippen LogP contribution in [0, 0.1) is 0 Å². The fourth-order valence-electron chi connectivity index (χ4n) is 3.92. The van der Waals surface area contributed by atoms with E-state index in [1.54, 1.807) is 24.3 Å². The van der Waals surface area contributed by atoms with Crippen LogP contribution >= 0.6 is 0 Å². The molecule has 1 aromatic carbocycles. The number of anilines is 1. The molecule has 0 unspecified atom stereocenters. The van der Waals surface area contributed by atoms with Crippen LogP contribution in [0.1, 0.15) is 12.2 Å². The van der Waals surface area contributed by atoms with Gasteiger partial charge >= 0.3 is 6.18 Å². The third-order valence-corrected chi connectivity index (χ3v) is 5.39. The van der Waals surface area contributed by atoms with Crippen LogP contribution in [0.25, 0.3) is 22.3 Å². The number of rotatable bonds is 5. The fraction of sp³-hybridized carbons (Fsp3) is 0.450. The lowest BCUT2D eigenvalue weighted by Crippen LogP contribution is -2.46. The molecule has 10 heteroatoms. The van der Waals surface area contributed by atoms with Gasteiger partial charge < -0.3 is 25.0 Å². The van der Waals surface area contributed by atoms with Gasteiger partial charge in [-0.2, -0.15) is 13.2 Å². The zero-order valence-corrected chi connectivity index (χ0v) is 16.4. The van der Waals surface area contributed by atoms with Crippen LogP contribution in [-0.2, 0) is 13.1 Å². The van der Waals surface area contributed by atoms with E-state index in [0.29, 0.717) is 35.3 Å². The van der Waals surface area contributed by atoms with Crippen molar-refractivity contribution >= 4 is 16.6 Å². The van der Waals surface area contributed by atoms with Crippen molar-refractivity contribution in [2.75, 3.05) is 25.5 Å². The molecule has 0 spiro atoms. The summed E-state index contributed by atoms with van der Waals surface area (Å²) in [7, 11) is 1.86. The molecule has 1 saturated heterocycles. The lowest BCUT2D eigenvalue weighted by atomic mass is 10.0. The van der Waals surface area contributed by atoms with Gasteiger partial charge in [0.05, 0.1) is 23.8 Å². The lowest BCUT2D eigenvalue weighted by molar-refractivity contribution is -0.139. The van der Waals surface area contributed by atoms with Gasteiger partial charge in [-0.3, -0.25) is 0 Å². The third-order valence-electron chi connectivity index (χ3n) is 5.39. The quantitative estimate of drug-likeness (QED) is 0.609. The van der Waals surface area contributed by atoms with Gasteiger partial charge in [-0.25, -0.2) is 4.39 Å². The van der Waals surface area contributed by atoms with E-state index in [4.69, 9.17) is 10.3 Å². The Hall–Kier alpha value is -2.59. The molecule has 0 aliphatic carbocycles. The van der Waals surface area contributed by atoms with Gasteiger partial charge in [-0.15, -0.1) is 0 Å². The van der Waals surface area contributed by atoms with E-state index in [9.17, 15) is 17.6 Å². The van der Waals surface area contributed by atoms with Crippen LogP contribution in [0.5, 0.6) is 0 Å². The molecule has 2 aromatic heterocycles. The van der Waals surface area contributed by atoms with Gasteiger partial charge in [0.25, 0.3) is 0 Å². The predicted molar refractivity (Wildman–Crippen MR) is 106 cm³/mol. The van der Waals surface area contributed by atoms with Crippen molar-refractivity contribution in [1.29, 1.82) is 0 Å². The van der Waals surface area contributed by atoms with Gasteiger partial charge in [0.2, 0.25) is 0 Å². The van der Waals surface area contributed by atoms with Gasteiger partial charge in [0, 0.05) is 30.2 Å². The molecule has 162 valence electrons. The van der Waals surface area contributed by atoms with Crippen LogP contribution in [0.3, 0.4) is 0 Å². The summed E-state index contributed by atoms with van der Waals surface area (Å²) in [6.07, 6.45) is -4.89. The van der Waals surface area contributed by atoms with E-state index in [-0.39, 0.29) is 17.9 Å². The van der Waals surface area contributed by atoms with Crippen molar-refractivity contribution in [1.82, 2.24) is 14.6 Å². The Morgan fingerprint density at radius 2 is 2.10 bits per heavy atom. The van der Waals surface area contributed by atoms with Crippen LogP contribution in [0.15, 0.2) is 34.9 Å². The first-order chi connectivity index (χ1) is 14.2. The Labute approximate surface area is 170 Å². The second kappa shape index (κ2) is 7.92. The average Bonchev–Trinajstić information content (AvgIpc) is 3.28. The summed E-state index contributed by atoms with van der Waals surface area (Å²) in [6.45, 7) is -0.0304. The Morgan fingerprint density at radius 1 is 1.30 bits per heavy atom. The minimum atomic E-state index is -4.43. The maximum Gasteiger partial charge on any atom is 0.406 e. The average molecular weight is 425 g/mol. The number of nitrogens with one attached hydrogen (secondary N) is 1. The lowest BCUT2D eigenvalue weighted by Gasteiger charge is -2.33. The van der Waals surface area contributed by atoms with E-state index in [1.165, 1.54) is 6.07 Å². The number of fused-ring (bicyclic) bond motifs is 1. The maximum atomic E-state index is 14.5. The molecule has 0 bridgehead atoms. The molecule has 3 N–H and O–H groups in total. The molecular weight excluding hydrogens is 402 g/mol. The van der Waals surface area contributed by atoms with Crippen molar-refractivity contribution in [2.24, 2.45) is 5.73 Å². The number of hydrogen-bond donors (Lipinski definition) is 2. The zero-order chi connectivity index (χ0) is 21.5. The first-order valence-corrected chi connectivity index (χ1v) is 9.69. The van der Waals surface area contributed by atoms with Crippen molar-refractivity contribution in [3.63, 3.8) is 0 Å². The molecule has 1 aliphatic heterocycles. The van der Waals surface area contributed by atoms with Crippen molar-refractivity contribution in [3.8, 4) is 11.4 Å². The van der Waals surface area contributed by atoms with Crippen molar-refractivity contribution < 1.29 is 22.1 Å². The first-order valence-electron chi connectivity index (χ1n) is 9.69. The summed E-state index contributed by atoms with van der Waals surface area (Å²) in [4.78, 5) is 1.92. The van der Waals surface area contributed by atoms with E-state index >= 15 is 0 Å². The predicted octanol–water partition coefficient (Wildman–Crippen LogP) is 3.77. The minimum Gasteiger partial charge on any atom is -0.379 e. The Morgan fingerprint density at radius 3 is 2.77 bits per heavy atom. The number of aromatic nitrogens is 2. The number of piperidine rings is 1. The Bertz CT molecular complexity index is 1030. The summed E-state index contributed by atoms with van der Waals surface area (Å²) in [6, 6.07) is 7.78. The second-order valence-electron chi connectivity index (χ2n) is 7.67. The summed E-state index contributed by atoms with van der Waals surface area (Å²) in [5.41, 5.74) is 7.04. The zero-order valence-electron chi connectivity index (χ0n) is 16.4. The highest BCUT2D eigenvalue weighted by Gasteiger charge is 2.32. The van der Waals surface area contributed by atoms with E-state index in [2.05, 4.69) is 10.5 Å². The number of nitrogens with two attached hydrogens (primary N) is 1. The van der Waals surface area contributed by atoms with Crippen LogP contribution in [0.4, 0.5) is 23.2 Å². The number of likely N-dealkylation sites (tertiary alicyclic amines) is 1. The standard InChI is InChI=1S/C20H23F4N5O/c1-28-6-5-16(14(21)10-28)26-15-3-2-4-18-13(15)8-19(29(18)11-20(22,23)24)17-7-12(9-25)30-27-17/h2-4,7-8,14,16,26H,5-6,9-11,25H2,1H3/t14-,16+/m0/s1. The number of nitrogens with zero attached hydrogens (tertiary/aromatic N) is 3. The Kier molecular flexibility index (Phi) is 5.46. The summed E-state index contributed by atoms with van der Waals surface area (Å²) in [5, 5.41) is 7.65. The Balaban J connectivity index is 1.77. The molecule has 3 heterocycles.